The van der Waals surface area contributed by atoms with E-state index in [1.807, 2.05) is 25.4 Å². The number of aromatic nitrogens is 2. The molecule has 1 aromatic heterocycles. The highest BCUT2D eigenvalue weighted by molar-refractivity contribution is 5.95. The van der Waals surface area contributed by atoms with E-state index in [9.17, 15) is 14.3 Å². The van der Waals surface area contributed by atoms with Crippen LogP contribution in [0.3, 0.4) is 0 Å². The van der Waals surface area contributed by atoms with Crippen molar-refractivity contribution in [1.29, 1.82) is 0 Å². The van der Waals surface area contributed by atoms with Gasteiger partial charge in [0, 0.05) is 24.4 Å². The second-order valence-corrected chi connectivity index (χ2v) is 7.37. The molecule has 28 heavy (non-hydrogen) atoms. The number of hydrogen-bond donors (Lipinski definition) is 2. The van der Waals surface area contributed by atoms with E-state index < -0.39 is 0 Å². The van der Waals surface area contributed by atoms with E-state index >= 15 is 0 Å². The Morgan fingerprint density at radius 1 is 1.14 bits per heavy atom. The molecule has 0 spiro atoms. The molecule has 144 valence electrons. The third-order valence-electron chi connectivity index (χ3n) is 5.32. The number of nitrogens with one attached hydrogen (secondary N) is 1. The van der Waals surface area contributed by atoms with Gasteiger partial charge in [-0.25, -0.2) is 4.39 Å². The van der Waals surface area contributed by atoms with E-state index in [4.69, 9.17) is 0 Å². The first-order valence-corrected chi connectivity index (χ1v) is 9.33. The number of carbonyl (C=O) groups is 1. The Hall–Kier alpha value is -2.99. The molecule has 0 radical (unpaired) electrons. The van der Waals surface area contributed by atoms with Crippen LogP contribution in [0, 0.1) is 11.7 Å². The highest BCUT2D eigenvalue weighted by atomic mass is 19.1. The number of aliphatic hydroxyl groups is 1. The lowest BCUT2D eigenvalue weighted by atomic mass is 9.75. The predicted molar refractivity (Wildman–Crippen MR) is 104 cm³/mol. The fourth-order valence-electron chi connectivity index (χ4n) is 3.66. The zero-order valence-electron chi connectivity index (χ0n) is 15.5. The number of amides is 1. The van der Waals surface area contributed by atoms with Crippen molar-refractivity contribution in [2.24, 2.45) is 13.0 Å². The summed E-state index contributed by atoms with van der Waals surface area (Å²) in [6.07, 6.45) is 4.70. The maximum Gasteiger partial charge on any atom is 0.251 e. The lowest BCUT2D eigenvalue weighted by Crippen LogP contribution is -2.41. The molecule has 4 rings (SSSR count). The maximum absolute atomic E-state index is 13.1. The minimum Gasteiger partial charge on any atom is -0.393 e. The topological polar surface area (TPSA) is 67.2 Å². The van der Waals surface area contributed by atoms with Crippen LogP contribution in [-0.4, -0.2) is 26.9 Å². The van der Waals surface area contributed by atoms with Gasteiger partial charge in [0.25, 0.3) is 5.91 Å². The Labute approximate surface area is 162 Å². The quantitative estimate of drug-likeness (QED) is 0.713. The maximum atomic E-state index is 13.1. The van der Waals surface area contributed by atoms with Crippen LogP contribution < -0.4 is 5.32 Å². The van der Waals surface area contributed by atoms with Crippen LogP contribution in [0.5, 0.6) is 0 Å². The van der Waals surface area contributed by atoms with Crippen LogP contribution in [-0.2, 0) is 7.05 Å². The smallest absolute Gasteiger partial charge is 0.251 e. The van der Waals surface area contributed by atoms with Crippen LogP contribution in [0.15, 0.2) is 60.9 Å². The van der Waals surface area contributed by atoms with Gasteiger partial charge in [-0.1, -0.05) is 24.3 Å². The normalized spacial score (nSPS) is 19.7. The van der Waals surface area contributed by atoms with Crippen LogP contribution in [0.25, 0.3) is 11.1 Å². The van der Waals surface area contributed by atoms with E-state index in [2.05, 4.69) is 10.4 Å². The molecule has 3 aromatic rings. The molecule has 1 saturated carbocycles. The van der Waals surface area contributed by atoms with Gasteiger partial charge in [-0.2, -0.15) is 5.10 Å². The highest BCUT2D eigenvalue weighted by Crippen LogP contribution is 2.38. The monoisotopic (exact) mass is 379 g/mol. The summed E-state index contributed by atoms with van der Waals surface area (Å²) in [5.41, 5.74) is 3.31. The molecule has 0 aliphatic heterocycles. The number of aryl methyl sites for hydroxylation is 1. The molecule has 0 bridgehead atoms. The second-order valence-electron chi connectivity index (χ2n) is 7.37. The SMILES string of the molecule is Cn1cc(C(NC(=O)c2ccc(-c3ccc(F)cc3)cc2)C2CC(O)C2)cn1. The van der Waals surface area contributed by atoms with E-state index in [1.165, 1.54) is 12.1 Å². The average molecular weight is 379 g/mol. The van der Waals surface area contributed by atoms with E-state index in [0.29, 0.717) is 18.4 Å². The van der Waals surface area contributed by atoms with E-state index in [0.717, 1.165) is 16.7 Å². The van der Waals surface area contributed by atoms with Crippen molar-refractivity contribution in [3.05, 3.63) is 77.9 Å². The van der Waals surface area contributed by atoms with Crippen molar-refractivity contribution in [3.8, 4) is 11.1 Å². The van der Waals surface area contributed by atoms with Crippen molar-refractivity contribution in [2.75, 3.05) is 0 Å². The van der Waals surface area contributed by atoms with Gasteiger partial charge in [-0.05, 0) is 54.2 Å². The van der Waals surface area contributed by atoms with Crippen molar-refractivity contribution in [1.82, 2.24) is 15.1 Å². The number of rotatable bonds is 5. The van der Waals surface area contributed by atoms with Gasteiger partial charge >= 0.3 is 0 Å². The molecular formula is C22H22FN3O2. The molecule has 1 atom stereocenters. The molecule has 0 saturated heterocycles. The summed E-state index contributed by atoms with van der Waals surface area (Å²) in [4.78, 5) is 12.8. The van der Waals surface area contributed by atoms with E-state index in [-0.39, 0.29) is 29.8 Å². The van der Waals surface area contributed by atoms with Gasteiger partial charge in [0.2, 0.25) is 0 Å². The number of hydrogen-bond acceptors (Lipinski definition) is 3. The summed E-state index contributed by atoms with van der Waals surface area (Å²) >= 11 is 0. The molecule has 1 heterocycles. The fraction of sp³-hybridized carbons (Fsp3) is 0.273. The summed E-state index contributed by atoms with van der Waals surface area (Å²) < 4.78 is 14.8. The summed E-state index contributed by atoms with van der Waals surface area (Å²) in [7, 11) is 1.84. The third-order valence-corrected chi connectivity index (χ3v) is 5.32. The number of halogens is 1. The van der Waals surface area contributed by atoms with E-state index in [1.54, 1.807) is 35.1 Å². The van der Waals surface area contributed by atoms with Gasteiger partial charge in [0.1, 0.15) is 5.82 Å². The molecule has 1 aliphatic carbocycles. The van der Waals surface area contributed by atoms with Gasteiger partial charge in [-0.3, -0.25) is 9.48 Å². The van der Waals surface area contributed by atoms with Crippen molar-refractivity contribution < 1.29 is 14.3 Å². The lowest BCUT2D eigenvalue weighted by Gasteiger charge is -2.37. The number of carbonyl (C=O) groups excluding carboxylic acids is 1. The Bertz CT molecular complexity index is 960. The van der Waals surface area contributed by atoms with Crippen LogP contribution in [0.1, 0.15) is 34.8 Å². The van der Waals surface area contributed by atoms with Gasteiger partial charge in [0.05, 0.1) is 18.3 Å². The van der Waals surface area contributed by atoms with Crippen molar-refractivity contribution in [3.63, 3.8) is 0 Å². The standard InChI is InChI=1S/C22H22FN3O2/c1-26-13-18(12-24-26)21(17-10-20(27)11-17)25-22(28)16-4-2-14(3-5-16)15-6-8-19(23)9-7-15/h2-9,12-13,17,20-21,27H,10-11H2,1H3,(H,25,28). The summed E-state index contributed by atoms with van der Waals surface area (Å²) in [5, 5.41) is 17.0. The average Bonchev–Trinajstić information content (AvgIpc) is 3.10. The molecule has 1 amide bonds. The fourth-order valence-corrected chi connectivity index (χ4v) is 3.66. The molecule has 5 nitrogen and oxygen atoms in total. The Morgan fingerprint density at radius 3 is 2.29 bits per heavy atom. The first-order valence-electron chi connectivity index (χ1n) is 9.33. The van der Waals surface area contributed by atoms with Crippen LogP contribution in [0.2, 0.25) is 0 Å². The molecule has 1 aliphatic rings. The predicted octanol–water partition coefficient (Wildman–Crippen LogP) is 3.47. The number of benzene rings is 2. The Balaban J connectivity index is 1.50. The second kappa shape index (κ2) is 7.56. The lowest BCUT2D eigenvalue weighted by molar-refractivity contribution is 0.0235. The van der Waals surface area contributed by atoms with Crippen LogP contribution in [0.4, 0.5) is 4.39 Å². The van der Waals surface area contributed by atoms with Crippen molar-refractivity contribution >= 4 is 5.91 Å². The minimum absolute atomic E-state index is 0.166. The molecular weight excluding hydrogens is 357 g/mol. The number of nitrogens with zero attached hydrogens (tertiary/aromatic N) is 2. The molecule has 1 fully saturated rings. The minimum atomic E-state index is -0.295. The third kappa shape index (κ3) is 3.82. The summed E-state index contributed by atoms with van der Waals surface area (Å²) in [6, 6.07) is 13.3. The molecule has 2 N–H and O–H groups in total. The van der Waals surface area contributed by atoms with Gasteiger partial charge < -0.3 is 10.4 Å². The summed E-state index contributed by atoms with van der Waals surface area (Å²) in [5.74, 6) is -0.246. The zero-order valence-corrected chi connectivity index (χ0v) is 15.5. The number of aliphatic hydroxyl groups excluding tert-OH is 1. The molecule has 6 heteroatoms. The largest absolute Gasteiger partial charge is 0.393 e. The summed E-state index contributed by atoms with van der Waals surface area (Å²) in [6.45, 7) is 0. The molecule has 2 aromatic carbocycles. The molecule has 1 unspecified atom stereocenters. The van der Waals surface area contributed by atoms with Crippen molar-refractivity contribution in [2.45, 2.75) is 25.0 Å². The first kappa shape index (κ1) is 18.4. The Kier molecular flexibility index (Phi) is 4.96. The van der Waals surface area contributed by atoms with Gasteiger partial charge in [0.15, 0.2) is 0 Å². The highest BCUT2D eigenvalue weighted by Gasteiger charge is 2.36. The van der Waals surface area contributed by atoms with Gasteiger partial charge in [-0.15, -0.1) is 0 Å². The first-order chi connectivity index (χ1) is 13.5. The Morgan fingerprint density at radius 2 is 1.75 bits per heavy atom. The zero-order chi connectivity index (χ0) is 19.7. The van der Waals surface area contributed by atoms with Crippen LogP contribution >= 0.6 is 0 Å².